The Labute approximate surface area is 160 Å². The zero-order valence-electron chi connectivity index (χ0n) is 15.6. The highest BCUT2D eigenvalue weighted by atomic mass is 35.7. The predicted molar refractivity (Wildman–Crippen MR) is 104 cm³/mol. The number of amides is 1. The zero-order valence-corrected chi connectivity index (χ0v) is 17.2. The molecule has 1 aromatic rings. The number of benzene rings is 1. The fourth-order valence-corrected chi connectivity index (χ4v) is 5.57. The van der Waals surface area contributed by atoms with Gasteiger partial charge in [0.25, 0.3) is 0 Å². The minimum atomic E-state index is -3.73. The Morgan fingerprint density at radius 2 is 1.77 bits per heavy atom. The minimum Gasteiger partial charge on any atom is -0.444 e. The van der Waals surface area contributed by atoms with E-state index in [1.165, 1.54) is 0 Å². The standard InChI is InChI=1S/C19H28ClNO4S/c1-18(2,3)25-17(22)21-16(15-10-6-4-7-11-15)19(14-26(20,23)24)12-8-5-9-13-19/h4,6-7,10-11,16H,5,8-9,12-14H2,1-3H3,(H,21,22). The Hall–Kier alpha value is -1.27. The first-order chi connectivity index (χ1) is 12.0. The van der Waals surface area contributed by atoms with E-state index < -0.39 is 32.2 Å². The van der Waals surface area contributed by atoms with Crippen LogP contribution in [0.1, 0.15) is 64.5 Å². The molecule has 7 heteroatoms. The van der Waals surface area contributed by atoms with Crippen molar-refractivity contribution >= 4 is 25.8 Å². The smallest absolute Gasteiger partial charge is 0.408 e. The number of halogens is 1. The molecule has 5 nitrogen and oxygen atoms in total. The second-order valence-corrected chi connectivity index (χ2v) is 10.9. The van der Waals surface area contributed by atoms with Gasteiger partial charge in [-0.1, -0.05) is 49.6 Å². The zero-order chi connectivity index (χ0) is 19.4. The van der Waals surface area contributed by atoms with Crippen molar-refractivity contribution in [3.8, 4) is 0 Å². The van der Waals surface area contributed by atoms with Crippen molar-refractivity contribution in [1.29, 1.82) is 0 Å². The first-order valence-corrected chi connectivity index (χ1v) is 11.5. The molecule has 1 atom stereocenters. The molecule has 1 fully saturated rings. The summed E-state index contributed by atoms with van der Waals surface area (Å²) in [6, 6.07) is 8.97. The number of hydrogen-bond acceptors (Lipinski definition) is 4. The molecule has 0 bridgehead atoms. The van der Waals surface area contributed by atoms with Gasteiger partial charge in [-0.2, -0.15) is 0 Å². The summed E-state index contributed by atoms with van der Waals surface area (Å²) in [6.45, 7) is 5.39. The largest absolute Gasteiger partial charge is 0.444 e. The van der Waals surface area contributed by atoms with Gasteiger partial charge in [0.1, 0.15) is 5.60 Å². The Morgan fingerprint density at radius 1 is 1.19 bits per heavy atom. The first-order valence-electron chi connectivity index (χ1n) is 8.98. The fraction of sp³-hybridized carbons (Fsp3) is 0.632. The Kier molecular flexibility index (Phi) is 6.61. The first kappa shape index (κ1) is 21.0. The van der Waals surface area contributed by atoms with Crippen molar-refractivity contribution in [3.63, 3.8) is 0 Å². The normalized spacial score (nSPS) is 18.8. The summed E-state index contributed by atoms with van der Waals surface area (Å²) in [5.41, 5.74) is -0.415. The van der Waals surface area contributed by atoms with E-state index in [0.29, 0.717) is 12.8 Å². The van der Waals surface area contributed by atoms with E-state index in [-0.39, 0.29) is 5.75 Å². The lowest BCUT2D eigenvalue weighted by molar-refractivity contribution is 0.0417. The fourth-order valence-electron chi connectivity index (χ4n) is 3.78. The lowest BCUT2D eigenvalue weighted by Crippen LogP contribution is -2.47. The lowest BCUT2D eigenvalue weighted by Gasteiger charge is -2.43. The van der Waals surface area contributed by atoms with Crippen LogP contribution in [-0.4, -0.2) is 25.9 Å². The Bertz CT molecular complexity index is 707. The molecule has 1 aliphatic rings. The van der Waals surface area contributed by atoms with E-state index in [1.807, 2.05) is 30.3 Å². The molecular weight excluding hydrogens is 374 g/mol. The maximum absolute atomic E-state index is 12.5. The minimum absolute atomic E-state index is 0.170. The highest BCUT2D eigenvalue weighted by Gasteiger charge is 2.44. The van der Waals surface area contributed by atoms with Crippen LogP contribution in [0.4, 0.5) is 4.79 Å². The topological polar surface area (TPSA) is 72.5 Å². The van der Waals surface area contributed by atoms with E-state index in [2.05, 4.69) is 5.32 Å². The molecule has 1 amide bonds. The summed E-state index contributed by atoms with van der Waals surface area (Å²) in [5.74, 6) is -0.170. The van der Waals surface area contributed by atoms with Gasteiger partial charge in [0.05, 0.1) is 11.8 Å². The van der Waals surface area contributed by atoms with Crippen LogP contribution < -0.4 is 5.32 Å². The van der Waals surface area contributed by atoms with Crippen LogP contribution in [0, 0.1) is 5.41 Å². The molecule has 1 aliphatic carbocycles. The molecule has 1 saturated carbocycles. The summed E-state index contributed by atoms with van der Waals surface area (Å²) in [6.07, 6.45) is 3.70. The van der Waals surface area contributed by atoms with Gasteiger partial charge in [0, 0.05) is 16.1 Å². The van der Waals surface area contributed by atoms with Crippen molar-refractivity contribution in [3.05, 3.63) is 35.9 Å². The summed E-state index contributed by atoms with van der Waals surface area (Å²) in [4.78, 5) is 12.5. The Balaban J connectivity index is 2.41. The van der Waals surface area contributed by atoms with Gasteiger partial charge in [-0.25, -0.2) is 13.2 Å². The van der Waals surface area contributed by atoms with Gasteiger partial charge in [-0.15, -0.1) is 0 Å². The summed E-state index contributed by atoms with van der Waals surface area (Å²) in [5, 5.41) is 2.94. The van der Waals surface area contributed by atoms with Gasteiger partial charge in [-0.05, 0) is 39.2 Å². The van der Waals surface area contributed by atoms with Crippen molar-refractivity contribution in [1.82, 2.24) is 5.32 Å². The number of carbonyl (C=O) groups is 1. The van der Waals surface area contributed by atoms with Crippen LogP contribution in [0.15, 0.2) is 30.3 Å². The summed E-state index contributed by atoms with van der Waals surface area (Å²) in [7, 11) is 1.93. The Morgan fingerprint density at radius 3 is 2.27 bits per heavy atom. The van der Waals surface area contributed by atoms with Gasteiger partial charge in [0.2, 0.25) is 9.05 Å². The second kappa shape index (κ2) is 8.17. The van der Waals surface area contributed by atoms with E-state index in [4.69, 9.17) is 15.4 Å². The van der Waals surface area contributed by atoms with Crippen LogP contribution in [-0.2, 0) is 13.8 Å². The molecular formula is C19H28ClNO4S. The number of nitrogens with one attached hydrogen (secondary N) is 1. The van der Waals surface area contributed by atoms with Crippen LogP contribution in [0.2, 0.25) is 0 Å². The number of rotatable bonds is 5. The highest BCUT2D eigenvalue weighted by molar-refractivity contribution is 8.13. The van der Waals surface area contributed by atoms with Gasteiger partial charge < -0.3 is 10.1 Å². The average Bonchev–Trinajstić information content (AvgIpc) is 2.51. The third kappa shape index (κ3) is 6.16. The van der Waals surface area contributed by atoms with Crippen molar-refractivity contribution < 1.29 is 17.9 Å². The van der Waals surface area contributed by atoms with Crippen molar-refractivity contribution in [2.45, 2.75) is 64.5 Å². The quantitative estimate of drug-likeness (QED) is 0.721. The monoisotopic (exact) mass is 401 g/mol. The van der Waals surface area contributed by atoms with Crippen LogP contribution in [0.25, 0.3) is 0 Å². The third-order valence-electron chi connectivity index (χ3n) is 4.72. The van der Waals surface area contributed by atoms with Gasteiger partial charge in [-0.3, -0.25) is 0 Å². The molecule has 1 N–H and O–H groups in total. The van der Waals surface area contributed by atoms with Gasteiger partial charge >= 0.3 is 6.09 Å². The molecule has 0 saturated heterocycles. The maximum atomic E-state index is 12.5. The number of ether oxygens (including phenoxy) is 1. The number of alkyl carbamates (subject to hydrolysis) is 1. The molecule has 2 rings (SSSR count). The highest BCUT2D eigenvalue weighted by Crippen LogP contribution is 2.47. The van der Waals surface area contributed by atoms with E-state index in [0.717, 1.165) is 24.8 Å². The molecule has 0 radical (unpaired) electrons. The SMILES string of the molecule is CC(C)(C)OC(=O)NC(c1ccccc1)C1(CS(=O)(=O)Cl)CCCCC1. The molecule has 0 aliphatic heterocycles. The molecule has 146 valence electrons. The predicted octanol–water partition coefficient (Wildman–Crippen LogP) is 4.77. The van der Waals surface area contributed by atoms with E-state index >= 15 is 0 Å². The molecule has 0 spiro atoms. The van der Waals surface area contributed by atoms with Crippen molar-refractivity contribution in [2.24, 2.45) is 5.41 Å². The average molecular weight is 402 g/mol. The van der Waals surface area contributed by atoms with Crippen LogP contribution >= 0.6 is 10.7 Å². The molecule has 1 aromatic carbocycles. The van der Waals surface area contributed by atoms with Crippen molar-refractivity contribution in [2.75, 3.05) is 5.75 Å². The molecule has 26 heavy (non-hydrogen) atoms. The number of hydrogen-bond donors (Lipinski definition) is 1. The van der Waals surface area contributed by atoms with Gasteiger partial charge in [0.15, 0.2) is 0 Å². The summed E-state index contributed by atoms with van der Waals surface area (Å²) >= 11 is 0. The molecule has 0 aromatic heterocycles. The van der Waals surface area contributed by atoms with Crippen LogP contribution in [0.3, 0.4) is 0 Å². The summed E-state index contributed by atoms with van der Waals surface area (Å²) < 4.78 is 29.4. The third-order valence-corrected chi connectivity index (χ3v) is 5.96. The van der Waals surface area contributed by atoms with E-state index in [9.17, 15) is 13.2 Å². The number of carbonyl (C=O) groups excluding carboxylic acids is 1. The lowest BCUT2D eigenvalue weighted by atomic mass is 9.68. The maximum Gasteiger partial charge on any atom is 0.408 e. The van der Waals surface area contributed by atoms with E-state index in [1.54, 1.807) is 20.8 Å². The molecule has 0 heterocycles. The second-order valence-electron chi connectivity index (χ2n) is 8.10. The van der Waals surface area contributed by atoms with Crippen LogP contribution in [0.5, 0.6) is 0 Å². The molecule has 1 unspecified atom stereocenters.